The molecule has 1 aromatic carbocycles. The molecule has 0 bridgehead atoms. The minimum absolute atomic E-state index is 0.00759. The van der Waals surface area contributed by atoms with E-state index in [4.69, 9.17) is 5.73 Å². The lowest BCUT2D eigenvalue weighted by Crippen LogP contribution is -2.26. The molecule has 2 N–H and O–H groups in total. The van der Waals surface area contributed by atoms with Crippen LogP contribution < -0.4 is 5.73 Å². The Bertz CT molecular complexity index is 511. The average Bonchev–Trinajstić information content (AvgIpc) is 2.56. The van der Waals surface area contributed by atoms with Crippen molar-refractivity contribution in [2.24, 2.45) is 12.8 Å². The predicted molar refractivity (Wildman–Crippen MR) is 60.9 cm³/mol. The number of Topliss-reactive ketones (excluding diaryl/α,β-unsaturated/α-hetero) is 1. The number of hydrogen-bond donors (Lipinski definition) is 1. The number of carbonyl (C=O) groups is 1. The number of benzene rings is 1. The molecule has 15 heavy (non-hydrogen) atoms. The topological polar surface area (TPSA) is 48.0 Å². The molecule has 0 aliphatic heterocycles. The number of aryl methyl sites for hydroxylation is 1. The third-order valence-electron chi connectivity index (χ3n) is 2.58. The largest absolute Gasteiger partial charge is 0.350 e. The number of ketones is 1. The van der Waals surface area contributed by atoms with Gasteiger partial charge in [0.15, 0.2) is 5.78 Å². The van der Waals surface area contributed by atoms with Crippen molar-refractivity contribution in [3.05, 3.63) is 36.0 Å². The number of carbonyl (C=O) groups excluding carboxylic acids is 1. The van der Waals surface area contributed by atoms with Crippen LogP contribution in [0.4, 0.5) is 0 Å². The van der Waals surface area contributed by atoms with Crippen molar-refractivity contribution in [2.45, 2.75) is 13.0 Å². The summed E-state index contributed by atoms with van der Waals surface area (Å²) in [7, 11) is 1.93. The summed E-state index contributed by atoms with van der Waals surface area (Å²) in [6, 6.07) is 7.39. The fourth-order valence-electron chi connectivity index (χ4n) is 1.78. The van der Waals surface area contributed by atoms with Gasteiger partial charge in [-0.2, -0.15) is 0 Å². The van der Waals surface area contributed by atoms with Crippen LogP contribution in [-0.4, -0.2) is 16.4 Å². The van der Waals surface area contributed by atoms with Gasteiger partial charge in [-0.05, 0) is 13.0 Å². The summed E-state index contributed by atoms with van der Waals surface area (Å²) in [5, 5.41) is 0.974. The Morgan fingerprint density at radius 3 is 2.73 bits per heavy atom. The highest BCUT2D eigenvalue weighted by molar-refractivity contribution is 6.10. The molecular formula is C12H14N2O. The quantitative estimate of drug-likeness (QED) is 0.753. The van der Waals surface area contributed by atoms with Crippen LogP contribution in [0, 0.1) is 0 Å². The second kappa shape index (κ2) is 3.51. The fourth-order valence-corrected chi connectivity index (χ4v) is 1.78. The highest BCUT2D eigenvalue weighted by Gasteiger charge is 2.16. The van der Waals surface area contributed by atoms with Gasteiger partial charge in [-0.1, -0.05) is 18.2 Å². The van der Waals surface area contributed by atoms with E-state index in [0.29, 0.717) is 5.56 Å². The van der Waals surface area contributed by atoms with Crippen LogP contribution >= 0.6 is 0 Å². The number of nitrogens with two attached hydrogens (primary N) is 1. The zero-order valence-corrected chi connectivity index (χ0v) is 8.90. The number of nitrogens with zero attached hydrogens (tertiary/aromatic N) is 1. The Kier molecular flexibility index (Phi) is 2.32. The standard InChI is InChI=1S/C12H14N2O/c1-8(13)12(15)10-7-14(2)11-6-4-3-5-9(10)11/h3-8H,13H2,1-2H3. The van der Waals surface area contributed by atoms with Crippen LogP contribution in [0.15, 0.2) is 30.5 Å². The van der Waals surface area contributed by atoms with E-state index in [2.05, 4.69) is 0 Å². The van der Waals surface area contributed by atoms with Gasteiger partial charge in [0.1, 0.15) is 0 Å². The summed E-state index contributed by atoms with van der Waals surface area (Å²) in [5.41, 5.74) is 7.38. The van der Waals surface area contributed by atoms with E-state index >= 15 is 0 Å². The Labute approximate surface area is 88.5 Å². The van der Waals surface area contributed by atoms with E-state index in [0.717, 1.165) is 10.9 Å². The van der Waals surface area contributed by atoms with Gasteiger partial charge < -0.3 is 10.3 Å². The van der Waals surface area contributed by atoms with Crippen LogP contribution in [0.1, 0.15) is 17.3 Å². The van der Waals surface area contributed by atoms with E-state index in [1.165, 1.54) is 0 Å². The molecule has 3 nitrogen and oxygen atoms in total. The zero-order chi connectivity index (χ0) is 11.0. The van der Waals surface area contributed by atoms with Crippen molar-refractivity contribution in [1.82, 2.24) is 4.57 Å². The summed E-state index contributed by atoms with van der Waals surface area (Å²) in [6.45, 7) is 1.71. The second-order valence-corrected chi connectivity index (χ2v) is 3.82. The van der Waals surface area contributed by atoms with Crippen LogP contribution in [0.25, 0.3) is 10.9 Å². The molecular weight excluding hydrogens is 188 g/mol. The van der Waals surface area contributed by atoms with Crippen LogP contribution in [0.2, 0.25) is 0 Å². The maximum Gasteiger partial charge on any atom is 0.181 e. The van der Waals surface area contributed by atoms with Gasteiger partial charge in [-0.3, -0.25) is 4.79 Å². The first-order valence-electron chi connectivity index (χ1n) is 4.95. The molecule has 3 heteroatoms. The van der Waals surface area contributed by atoms with Crippen LogP contribution in [0.5, 0.6) is 0 Å². The monoisotopic (exact) mass is 202 g/mol. The summed E-state index contributed by atoms with van der Waals surface area (Å²) < 4.78 is 1.95. The number of rotatable bonds is 2. The molecule has 0 saturated heterocycles. The molecule has 1 atom stereocenters. The normalized spacial score (nSPS) is 13.0. The van der Waals surface area contributed by atoms with Gasteiger partial charge in [0.05, 0.1) is 6.04 Å². The maximum atomic E-state index is 11.8. The van der Waals surface area contributed by atoms with Crippen LogP contribution in [-0.2, 0) is 7.05 Å². The predicted octanol–water partition coefficient (Wildman–Crippen LogP) is 1.71. The van der Waals surface area contributed by atoms with Crippen molar-refractivity contribution >= 4 is 16.7 Å². The van der Waals surface area contributed by atoms with Gasteiger partial charge in [0, 0.05) is 29.7 Å². The first-order chi connectivity index (χ1) is 7.11. The van der Waals surface area contributed by atoms with Crippen molar-refractivity contribution in [3.63, 3.8) is 0 Å². The van der Waals surface area contributed by atoms with Gasteiger partial charge in [-0.15, -0.1) is 0 Å². The molecule has 0 amide bonds. The molecule has 0 aliphatic rings. The Hall–Kier alpha value is -1.61. The highest BCUT2D eigenvalue weighted by Crippen LogP contribution is 2.21. The summed E-state index contributed by atoms with van der Waals surface area (Å²) in [6.07, 6.45) is 1.84. The third-order valence-corrected chi connectivity index (χ3v) is 2.58. The van der Waals surface area contributed by atoms with Crippen molar-refractivity contribution in [3.8, 4) is 0 Å². The Morgan fingerprint density at radius 2 is 2.07 bits per heavy atom. The summed E-state index contributed by atoms with van der Waals surface area (Å²) in [5.74, 6) is -0.00759. The van der Waals surface area contributed by atoms with Gasteiger partial charge >= 0.3 is 0 Å². The molecule has 2 aromatic rings. The zero-order valence-electron chi connectivity index (χ0n) is 8.90. The van der Waals surface area contributed by atoms with E-state index in [-0.39, 0.29) is 5.78 Å². The van der Waals surface area contributed by atoms with Gasteiger partial charge in [0.2, 0.25) is 0 Å². The Morgan fingerprint density at radius 1 is 1.40 bits per heavy atom. The minimum atomic E-state index is -0.448. The van der Waals surface area contributed by atoms with Gasteiger partial charge in [-0.25, -0.2) is 0 Å². The lowest BCUT2D eigenvalue weighted by Gasteiger charge is -2.01. The van der Waals surface area contributed by atoms with Crippen molar-refractivity contribution < 1.29 is 4.79 Å². The first-order valence-corrected chi connectivity index (χ1v) is 4.95. The van der Waals surface area contributed by atoms with E-state index < -0.39 is 6.04 Å². The molecule has 0 spiro atoms. The number of fused-ring (bicyclic) bond motifs is 1. The smallest absolute Gasteiger partial charge is 0.181 e. The number of aromatic nitrogens is 1. The third kappa shape index (κ3) is 1.55. The van der Waals surface area contributed by atoms with E-state index in [1.54, 1.807) is 6.92 Å². The second-order valence-electron chi connectivity index (χ2n) is 3.82. The van der Waals surface area contributed by atoms with E-state index in [1.807, 2.05) is 42.1 Å². The Balaban J connectivity index is 2.67. The summed E-state index contributed by atoms with van der Waals surface area (Å²) >= 11 is 0. The van der Waals surface area contributed by atoms with Crippen molar-refractivity contribution in [2.75, 3.05) is 0 Å². The molecule has 0 aliphatic carbocycles. The van der Waals surface area contributed by atoms with Crippen molar-refractivity contribution in [1.29, 1.82) is 0 Å². The number of hydrogen-bond acceptors (Lipinski definition) is 2. The van der Waals surface area contributed by atoms with E-state index in [9.17, 15) is 4.79 Å². The lowest BCUT2D eigenvalue weighted by atomic mass is 10.1. The first kappa shape index (κ1) is 9.93. The van der Waals surface area contributed by atoms with Gasteiger partial charge in [0.25, 0.3) is 0 Å². The fraction of sp³-hybridized carbons (Fsp3) is 0.250. The SMILES string of the molecule is CC(N)C(=O)c1cn(C)c2ccccc12. The average molecular weight is 202 g/mol. The molecule has 1 heterocycles. The lowest BCUT2D eigenvalue weighted by molar-refractivity contribution is 0.0969. The molecule has 0 radical (unpaired) electrons. The molecule has 0 fully saturated rings. The maximum absolute atomic E-state index is 11.8. The molecule has 78 valence electrons. The number of para-hydroxylation sites is 1. The minimum Gasteiger partial charge on any atom is -0.350 e. The molecule has 0 saturated carbocycles. The van der Waals surface area contributed by atoms with Crippen LogP contribution in [0.3, 0.4) is 0 Å². The molecule has 1 unspecified atom stereocenters. The molecule has 2 rings (SSSR count). The molecule has 1 aromatic heterocycles. The highest BCUT2D eigenvalue weighted by atomic mass is 16.1. The summed E-state index contributed by atoms with van der Waals surface area (Å²) in [4.78, 5) is 11.8.